The first-order valence-electron chi connectivity index (χ1n) is 6.55. The molecule has 0 aromatic heterocycles. The van der Waals surface area contributed by atoms with Crippen LogP contribution in [0.15, 0.2) is 46.9 Å². The molecule has 0 unspecified atom stereocenters. The first kappa shape index (κ1) is 15.8. The topological polar surface area (TPSA) is 21.3 Å². The Morgan fingerprint density at radius 3 is 2.45 bits per heavy atom. The summed E-state index contributed by atoms with van der Waals surface area (Å²) in [5.41, 5.74) is 2.43. The van der Waals surface area contributed by atoms with Gasteiger partial charge in [0.05, 0.1) is 4.47 Å². The van der Waals surface area contributed by atoms with Gasteiger partial charge in [0, 0.05) is 10.1 Å². The molecule has 2 nitrogen and oxygen atoms in total. The average Bonchev–Trinajstić information content (AvgIpc) is 2.46. The van der Waals surface area contributed by atoms with Crippen molar-refractivity contribution in [3.05, 3.63) is 61.6 Å². The Balaban J connectivity index is 1.97. The van der Waals surface area contributed by atoms with Gasteiger partial charge in [-0.3, -0.25) is 0 Å². The van der Waals surface area contributed by atoms with Crippen molar-refractivity contribution in [3.63, 3.8) is 0 Å². The fourth-order valence-electron chi connectivity index (χ4n) is 1.78. The summed E-state index contributed by atoms with van der Waals surface area (Å²) in [6.45, 7) is 4.55. The van der Waals surface area contributed by atoms with Crippen LogP contribution in [0, 0.1) is 3.57 Å². The van der Waals surface area contributed by atoms with E-state index in [-0.39, 0.29) is 0 Å². The Bertz CT molecular complexity index is 557. The molecule has 0 radical (unpaired) electrons. The molecule has 0 aliphatic rings. The molecule has 2 aromatic carbocycles. The summed E-state index contributed by atoms with van der Waals surface area (Å²) in [5, 5.41) is 3.31. The third kappa shape index (κ3) is 4.75. The number of rotatable bonds is 6. The van der Waals surface area contributed by atoms with E-state index in [4.69, 9.17) is 4.74 Å². The average molecular weight is 446 g/mol. The summed E-state index contributed by atoms with van der Waals surface area (Å²) in [7, 11) is 0. The van der Waals surface area contributed by atoms with Gasteiger partial charge in [-0.1, -0.05) is 25.1 Å². The molecule has 2 rings (SSSR count). The molecule has 0 fully saturated rings. The minimum atomic E-state index is 0.585. The summed E-state index contributed by atoms with van der Waals surface area (Å²) in [5.74, 6) is 0.879. The van der Waals surface area contributed by atoms with E-state index < -0.39 is 0 Å². The van der Waals surface area contributed by atoms with Crippen molar-refractivity contribution in [2.24, 2.45) is 0 Å². The SMILES string of the molecule is CCNCc1ccc(OCc2ccc(I)cc2)c(Br)c1. The van der Waals surface area contributed by atoms with E-state index in [1.54, 1.807) is 0 Å². The molecule has 1 N–H and O–H groups in total. The summed E-state index contributed by atoms with van der Waals surface area (Å²) in [4.78, 5) is 0. The fraction of sp³-hybridized carbons (Fsp3) is 0.250. The van der Waals surface area contributed by atoms with Gasteiger partial charge in [-0.05, 0) is 80.5 Å². The number of hydrogen-bond donors (Lipinski definition) is 1. The van der Waals surface area contributed by atoms with Crippen LogP contribution in [0.1, 0.15) is 18.1 Å². The zero-order chi connectivity index (χ0) is 14.4. The largest absolute Gasteiger partial charge is 0.488 e. The van der Waals surface area contributed by atoms with Crippen molar-refractivity contribution >= 4 is 38.5 Å². The second kappa shape index (κ2) is 8.00. The molecule has 0 atom stereocenters. The highest BCUT2D eigenvalue weighted by Gasteiger charge is 2.03. The van der Waals surface area contributed by atoms with Crippen LogP contribution in [0.3, 0.4) is 0 Å². The molecule has 0 heterocycles. The molecule has 0 aliphatic heterocycles. The molecule has 0 saturated heterocycles. The Morgan fingerprint density at radius 2 is 1.80 bits per heavy atom. The predicted molar refractivity (Wildman–Crippen MR) is 95.0 cm³/mol. The monoisotopic (exact) mass is 445 g/mol. The highest BCUT2D eigenvalue weighted by molar-refractivity contribution is 14.1. The van der Waals surface area contributed by atoms with E-state index in [1.807, 2.05) is 6.07 Å². The van der Waals surface area contributed by atoms with Crippen molar-refractivity contribution in [3.8, 4) is 5.75 Å². The Morgan fingerprint density at radius 1 is 1.10 bits per heavy atom. The van der Waals surface area contributed by atoms with Crippen LogP contribution in [0.4, 0.5) is 0 Å². The summed E-state index contributed by atoms with van der Waals surface area (Å²) < 4.78 is 8.09. The smallest absolute Gasteiger partial charge is 0.134 e. The Hall–Kier alpha value is -0.590. The van der Waals surface area contributed by atoms with Gasteiger partial charge in [0.25, 0.3) is 0 Å². The van der Waals surface area contributed by atoms with Crippen molar-refractivity contribution in [2.45, 2.75) is 20.1 Å². The normalized spacial score (nSPS) is 10.6. The van der Waals surface area contributed by atoms with E-state index in [0.29, 0.717) is 6.61 Å². The van der Waals surface area contributed by atoms with Crippen LogP contribution >= 0.6 is 38.5 Å². The number of halogens is 2. The second-order valence-corrected chi connectivity index (χ2v) is 6.56. The molecule has 0 spiro atoms. The van der Waals surface area contributed by atoms with Gasteiger partial charge >= 0.3 is 0 Å². The van der Waals surface area contributed by atoms with Crippen LogP contribution in [0.5, 0.6) is 5.75 Å². The maximum atomic E-state index is 5.85. The van der Waals surface area contributed by atoms with Gasteiger partial charge in [0.2, 0.25) is 0 Å². The lowest BCUT2D eigenvalue weighted by Crippen LogP contribution is -2.11. The van der Waals surface area contributed by atoms with Crippen molar-refractivity contribution in [1.82, 2.24) is 5.32 Å². The molecule has 0 amide bonds. The Labute approximate surface area is 142 Å². The van der Waals surface area contributed by atoms with Gasteiger partial charge in [-0.2, -0.15) is 0 Å². The second-order valence-electron chi connectivity index (χ2n) is 4.46. The molecule has 4 heteroatoms. The molecule has 0 bridgehead atoms. The number of benzene rings is 2. The lowest BCUT2D eigenvalue weighted by molar-refractivity contribution is 0.304. The zero-order valence-corrected chi connectivity index (χ0v) is 15.1. The van der Waals surface area contributed by atoms with Gasteiger partial charge < -0.3 is 10.1 Å². The maximum Gasteiger partial charge on any atom is 0.134 e. The van der Waals surface area contributed by atoms with E-state index in [1.165, 1.54) is 14.7 Å². The lowest BCUT2D eigenvalue weighted by Gasteiger charge is -2.10. The summed E-state index contributed by atoms with van der Waals surface area (Å²) in [6.07, 6.45) is 0. The van der Waals surface area contributed by atoms with E-state index in [2.05, 4.69) is 87.2 Å². The van der Waals surface area contributed by atoms with Crippen molar-refractivity contribution < 1.29 is 4.74 Å². The number of ether oxygens (including phenoxy) is 1. The minimum Gasteiger partial charge on any atom is -0.488 e. The zero-order valence-electron chi connectivity index (χ0n) is 11.3. The number of nitrogens with one attached hydrogen (secondary N) is 1. The van der Waals surface area contributed by atoms with Gasteiger partial charge in [0.1, 0.15) is 12.4 Å². The molecular weight excluding hydrogens is 429 g/mol. The third-order valence-corrected chi connectivity index (χ3v) is 4.22. The molecule has 20 heavy (non-hydrogen) atoms. The van der Waals surface area contributed by atoms with Crippen molar-refractivity contribution in [2.75, 3.05) is 6.54 Å². The minimum absolute atomic E-state index is 0.585. The molecule has 0 aliphatic carbocycles. The lowest BCUT2D eigenvalue weighted by atomic mass is 10.2. The summed E-state index contributed by atoms with van der Waals surface area (Å²) >= 11 is 5.87. The van der Waals surface area contributed by atoms with Crippen LogP contribution in [0.25, 0.3) is 0 Å². The van der Waals surface area contributed by atoms with Crippen LogP contribution in [-0.4, -0.2) is 6.54 Å². The number of hydrogen-bond acceptors (Lipinski definition) is 2. The predicted octanol–water partition coefficient (Wildman–Crippen LogP) is 4.74. The Kier molecular flexibility index (Phi) is 6.32. The maximum absolute atomic E-state index is 5.85. The molecule has 2 aromatic rings. The van der Waals surface area contributed by atoms with Crippen LogP contribution in [-0.2, 0) is 13.2 Å². The fourth-order valence-corrected chi connectivity index (χ4v) is 2.68. The first-order valence-corrected chi connectivity index (χ1v) is 8.42. The van der Waals surface area contributed by atoms with Crippen molar-refractivity contribution in [1.29, 1.82) is 0 Å². The first-order chi connectivity index (χ1) is 9.69. The van der Waals surface area contributed by atoms with Crippen LogP contribution < -0.4 is 10.1 Å². The van der Waals surface area contributed by atoms with Crippen LogP contribution in [0.2, 0.25) is 0 Å². The molecule has 106 valence electrons. The molecule has 0 saturated carbocycles. The quantitative estimate of drug-likeness (QED) is 0.648. The highest BCUT2D eigenvalue weighted by Crippen LogP contribution is 2.27. The summed E-state index contributed by atoms with van der Waals surface area (Å²) in [6, 6.07) is 14.6. The van der Waals surface area contributed by atoms with E-state index in [9.17, 15) is 0 Å². The van der Waals surface area contributed by atoms with Gasteiger partial charge in [0.15, 0.2) is 0 Å². The van der Waals surface area contributed by atoms with Gasteiger partial charge in [-0.15, -0.1) is 0 Å². The third-order valence-electron chi connectivity index (χ3n) is 2.88. The van der Waals surface area contributed by atoms with E-state index in [0.717, 1.165) is 23.3 Å². The molecular formula is C16H17BrINO. The van der Waals surface area contributed by atoms with Gasteiger partial charge in [-0.25, -0.2) is 0 Å². The standard InChI is InChI=1S/C16H17BrINO/c1-2-19-10-13-5-8-16(15(17)9-13)20-11-12-3-6-14(18)7-4-12/h3-9,19H,2,10-11H2,1H3. The van der Waals surface area contributed by atoms with E-state index >= 15 is 0 Å². The highest BCUT2D eigenvalue weighted by atomic mass is 127.